The minimum atomic E-state index is -0.0813. The van der Waals surface area contributed by atoms with Gasteiger partial charge < -0.3 is 14.6 Å². The fourth-order valence-corrected chi connectivity index (χ4v) is 4.17. The molecule has 1 aliphatic heterocycles. The molecule has 2 aromatic heterocycles. The van der Waals surface area contributed by atoms with Gasteiger partial charge in [0.15, 0.2) is 0 Å². The molecule has 1 fully saturated rings. The lowest BCUT2D eigenvalue weighted by Crippen LogP contribution is -2.36. The molecule has 0 radical (unpaired) electrons. The van der Waals surface area contributed by atoms with Crippen LogP contribution in [-0.4, -0.2) is 44.3 Å². The summed E-state index contributed by atoms with van der Waals surface area (Å²) in [5.74, 6) is 0.878. The van der Waals surface area contributed by atoms with Crippen molar-refractivity contribution in [2.75, 3.05) is 18.5 Å². The zero-order valence-electron chi connectivity index (χ0n) is 13.3. The Labute approximate surface area is 142 Å². The molecule has 8 heteroatoms. The molecule has 2 unspecified atom stereocenters. The van der Waals surface area contributed by atoms with Crippen molar-refractivity contribution in [3.63, 3.8) is 0 Å². The van der Waals surface area contributed by atoms with E-state index >= 15 is 0 Å². The summed E-state index contributed by atoms with van der Waals surface area (Å²) >= 11 is 1.78. The lowest BCUT2D eigenvalue weighted by molar-refractivity contribution is 0.0921. The molecule has 1 saturated heterocycles. The summed E-state index contributed by atoms with van der Waals surface area (Å²) in [6.45, 7) is 1.42. The van der Waals surface area contributed by atoms with Crippen molar-refractivity contribution in [3.8, 4) is 0 Å². The van der Waals surface area contributed by atoms with Crippen molar-refractivity contribution in [2.24, 2.45) is 7.05 Å². The summed E-state index contributed by atoms with van der Waals surface area (Å²) < 4.78 is 7.68. The van der Waals surface area contributed by atoms with Crippen LogP contribution in [0.5, 0.6) is 0 Å². The van der Waals surface area contributed by atoms with E-state index in [1.807, 2.05) is 36.0 Å². The number of aromatic amines is 2. The van der Waals surface area contributed by atoms with Crippen molar-refractivity contribution in [1.29, 1.82) is 0 Å². The third-order valence-corrected chi connectivity index (χ3v) is 5.26. The number of anilines is 1. The number of thioether (sulfide) groups is 1. The number of hydrogen-bond donors (Lipinski definition) is 3. The number of imidazole rings is 1. The van der Waals surface area contributed by atoms with Gasteiger partial charge in [-0.3, -0.25) is 15.0 Å². The highest BCUT2D eigenvalue weighted by molar-refractivity contribution is 8.00. The Morgan fingerprint density at radius 3 is 3.12 bits per heavy atom. The molecule has 0 saturated carbocycles. The molecule has 7 nitrogen and oxygen atoms in total. The van der Waals surface area contributed by atoms with E-state index in [9.17, 15) is 4.79 Å². The molecule has 3 aromatic rings. The standard InChI is InChI=1S/C16H19N5O2S/c1-21-6-15(17-9-21)18-10-4-12(8-23-7-10)24-11-2-3-13-14(5-11)19-20-16(13)22/h2-3,5-6,9-10,12,18H,4,7-8H2,1H3,(H2,19,20,22). The third kappa shape index (κ3) is 3.20. The molecule has 1 aliphatic rings. The van der Waals surface area contributed by atoms with E-state index < -0.39 is 0 Å². The Bertz CT molecular complexity index is 899. The maximum atomic E-state index is 11.6. The summed E-state index contributed by atoms with van der Waals surface area (Å²) in [6, 6.07) is 6.11. The average Bonchev–Trinajstić information content (AvgIpc) is 3.14. The number of aryl methyl sites for hydroxylation is 1. The number of fused-ring (bicyclic) bond motifs is 1. The Hall–Kier alpha value is -2.19. The molecular weight excluding hydrogens is 326 g/mol. The zero-order valence-corrected chi connectivity index (χ0v) is 14.1. The first-order valence-corrected chi connectivity index (χ1v) is 8.74. The highest BCUT2D eigenvalue weighted by Crippen LogP contribution is 2.30. The molecule has 0 amide bonds. The molecule has 126 valence electrons. The highest BCUT2D eigenvalue weighted by atomic mass is 32.2. The van der Waals surface area contributed by atoms with E-state index in [-0.39, 0.29) is 11.6 Å². The molecule has 24 heavy (non-hydrogen) atoms. The molecule has 3 N–H and O–H groups in total. The molecule has 0 spiro atoms. The van der Waals surface area contributed by atoms with E-state index in [2.05, 4.69) is 20.5 Å². The van der Waals surface area contributed by atoms with E-state index in [1.165, 1.54) is 0 Å². The SMILES string of the molecule is Cn1cnc(NC2COCC(Sc3ccc4c(=O)[nH][nH]c4c3)C2)c1. The van der Waals surface area contributed by atoms with Gasteiger partial charge in [-0.05, 0) is 24.6 Å². The van der Waals surface area contributed by atoms with Gasteiger partial charge in [-0.25, -0.2) is 4.98 Å². The number of H-pyrrole nitrogens is 2. The van der Waals surface area contributed by atoms with Gasteiger partial charge in [0.2, 0.25) is 0 Å². The van der Waals surface area contributed by atoms with Gasteiger partial charge in [0.1, 0.15) is 5.82 Å². The molecule has 0 aliphatic carbocycles. The Morgan fingerprint density at radius 1 is 1.38 bits per heavy atom. The first kappa shape index (κ1) is 15.3. The van der Waals surface area contributed by atoms with Crippen molar-refractivity contribution < 1.29 is 4.74 Å². The predicted octanol–water partition coefficient (Wildman–Crippen LogP) is 1.95. The number of aromatic nitrogens is 4. The van der Waals surface area contributed by atoms with Gasteiger partial charge in [0, 0.05) is 23.4 Å². The normalized spacial score (nSPS) is 21.2. The number of benzene rings is 1. The van der Waals surface area contributed by atoms with Gasteiger partial charge in [0.05, 0.1) is 36.5 Å². The maximum absolute atomic E-state index is 11.6. The smallest absolute Gasteiger partial charge is 0.271 e. The van der Waals surface area contributed by atoms with Crippen LogP contribution in [0.3, 0.4) is 0 Å². The van der Waals surface area contributed by atoms with Crippen LogP contribution in [0, 0.1) is 0 Å². The molecule has 0 bridgehead atoms. The van der Waals surface area contributed by atoms with Crippen molar-refractivity contribution in [2.45, 2.75) is 22.6 Å². The number of ether oxygens (including phenoxy) is 1. The van der Waals surface area contributed by atoms with Gasteiger partial charge in [-0.2, -0.15) is 0 Å². The number of nitrogens with one attached hydrogen (secondary N) is 3. The first-order chi connectivity index (χ1) is 11.7. The lowest BCUT2D eigenvalue weighted by atomic mass is 10.1. The van der Waals surface area contributed by atoms with Crippen LogP contribution in [0.15, 0.2) is 40.4 Å². The van der Waals surface area contributed by atoms with Crippen LogP contribution in [0.2, 0.25) is 0 Å². The van der Waals surface area contributed by atoms with E-state index in [4.69, 9.17) is 4.74 Å². The quantitative estimate of drug-likeness (QED) is 0.673. The minimum Gasteiger partial charge on any atom is -0.378 e. The minimum absolute atomic E-state index is 0.0813. The Kier molecular flexibility index (Phi) is 4.07. The van der Waals surface area contributed by atoms with Gasteiger partial charge in [0.25, 0.3) is 5.56 Å². The van der Waals surface area contributed by atoms with Gasteiger partial charge in [-0.1, -0.05) is 0 Å². The summed E-state index contributed by atoms with van der Waals surface area (Å²) in [4.78, 5) is 17.0. The van der Waals surface area contributed by atoms with Crippen LogP contribution in [0.25, 0.3) is 10.9 Å². The van der Waals surface area contributed by atoms with Crippen LogP contribution in [0.1, 0.15) is 6.42 Å². The monoisotopic (exact) mass is 345 g/mol. The topological polar surface area (TPSA) is 87.7 Å². The first-order valence-electron chi connectivity index (χ1n) is 7.87. The van der Waals surface area contributed by atoms with Gasteiger partial charge >= 0.3 is 0 Å². The van der Waals surface area contributed by atoms with E-state index in [0.29, 0.717) is 17.2 Å². The van der Waals surface area contributed by atoms with Crippen LogP contribution < -0.4 is 10.9 Å². The van der Waals surface area contributed by atoms with E-state index in [0.717, 1.165) is 29.3 Å². The van der Waals surface area contributed by atoms with Crippen molar-refractivity contribution in [1.82, 2.24) is 19.7 Å². The number of nitrogens with zero attached hydrogens (tertiary/aromatic N) is 2. The summed E-state index contributed by atoms with van der Waals surface area (Å²) in [5.41, 5.74) is 0.757. The number of rotatable bonds is 4. The highest BCUT2D eigenvalue weighted by Gasteiger charge is 2.24. The second kappa shape index (κ2) is 6.37. The van der Waals surface area contributed by atoms with Crippen molar-refractivity contribution >= 4 is 28.5 Å². The summed E-state index contributed by atoms with van der Waals surface area (Å²) in [6.07, 6.45) is 4.75. The molecule has 1 aromatic carbocycles. The predicted molar refractivity (Wildman–Crippen MR) is 94.6 cm³/mol. The lowest BCUT2D eigenvalue weighted by Gasteiger charge is -2.29. The molecular formula is C16H19N5O2S. The summed E-state index contributed by atoms with van der Waals surface area (Å²) in [7, 11) is 1.95. The Balaban J connectivity index is 1.42. The largest absolute Gasteiger partial charge is 0.378 e. The van der Waals surface area contributed by atoms with Gasteiger partial charge in [-0.15, -0.1) is 11.8 Å². The van der Waals surface area contributed by atoms with Crippen LogP contribution >= 0.6 is 11.8 Å². The van der Waals surface area contributed by atoms with E-state index in [1.54, 1.807) is 18.1 Å². The molecule has 3 heterocycles. The van der Waals surface area contributed by atoms with Crippen molar-refractivity contribution in [3.05, 3.63) is 41.1 Å². The average molecular weight is 345 g/mol. The summed E-state index contributed by atoms with van der Waals surface area (Å²) in [5, 5.41) is 9.99. The maximum Gasteiger partial charge on any atom is 0.271 e. The number of hydrogen-bond acceptors (Lipinski definition) is 5. The molecule has 4 rings (SSSR count). The second-order valence-electron chi connectivity index (χ2n) is 6.07. The fourth-order valence-electron chi connectivity index (χ4n) is 2.96. The Morgan fingerprint density at radius 2 is 2.29 bits per heavy atom. The van der Waals surface area contributed by atoms with Crippen LogP contribution in [-0.2, 0) is 11.8 Å². The second-order valence-corrected chi connectivity index (χ2v) is 7.44. The third-order valence-electron chi connectivity index (χ3n) is 4.08. The fraction of sp³-hybridized carbons (Fsp3) is 0.375. The zero-order chi connectivity index (χ0) is 16.5. The molecule has 2 atom stereocenters. The van der Waals surface area contributed by atoms with Crippen LogP contribution in [0.4, 0.5) is 5.82 Å².